The number of benzene rings is 3. The Kier molecular flexibility index (Phi) is 9.53. The Morgan fingerprint density at radius 1 is 1.00 bits per heavy atom. The van der Waals surface area contributed by atoms with Gasteiger partial charge in [-0.15, -0.1) is 11.3 Å². The Balaban J connectivity index is 1.07. The van der Waals surface area contributed by atoms with Crippen molar-refractivity contribution in [3.63, 3.8) is 0 Å². The summed E-state index contributed by atoms with van der Waals surface area (Å²) < 4.78 is 81.0. The first-order valence-electron chi connectivity index (χ1n) is 17.1. The molecule has 7 rings (SSSR count). The van der Waals surface area contributed by atoms with Gasteiger partial charge in [-0.05, 0) is 84.3 Å². The predicted octanol–water partition coefficient (Wildman–Crippen LogP) is 8.56. The van der Waals surface area contributed by atoms with Gasteiger partial charge in [-0.1, -0.05) is 67.6 Å². The summed E-state index contributed by atoms with van der Waals surface area (Å²) in [4.78, 5) is 33.7. The van der Waals surface area contributed by atoms with Gasteiger partial charge < -0.3 is 15.5 Å². The number of amides is 2. The largest absolute Gasteiger partial charge is 0.416 e. The molecule has 2 N–H and O–H groups in total. The van der Waals surface area contributed by atoms with E-state index in [9.17, 15) is 35.9 Å². The maximum atomic E-state index is 13.8. The van der Waals surface area contributed by atoms with Gasteiger partial charge in [0, 0.05) is 23.9 Å². The average Bonchev–Trinajstić information content (AvgIpc) is 3.70. The third-order valence-electron chi connectivity index (χ3n) is 10.7. The van der Waals surface area contributed by atoms with E-state index in [1.54, 1.807) is 5.38 Å². The zero-order valence-electron chi connectivity index (χ0n) is 28.2. The van der Waals surface area contributed by atoms with Gasteiger partial charge in [0.2, 0.25) is 11.8 Å². The lowest BCUT2D eigenvalue weighted by molar-refractivity contribution is -0.143. The third-order valence-corrected chi connectivity index (χ3v) is 11.5. The number of anilines is 1. The second-order valence-electron chi connectivity index (χ2n) is 13.9. The van der Waals surface area contributed by atoms with Gasteiger partial charge >= 0.3 is 12.4 Å². The summed E-state index contributed by atoms with van der Waals surface area (Å²) in [5.74, 6) is -1.73. The van der Waals surface area contributed by atoms with Crippen LogP contribution in [0.3, 0.4) is 0 Å². The molecule has 2 heterocycles. The summed E-state index contributed by atoms with van der Waals surface area (Å²) in [6.45, 7) is 3.70. The van der Waals surface area contributed by atoms with Crippen LogP contribution in [0.1, 0.15) is 76.2 Å². The second kappa shape index (κ2) is 13.8. The Morgan fingerprint density at radius 3 is 2.42 bits per heavy atom. The first-order valence-corrected chi connectivity index (χ1v) is 18.0. The molecule has 0 saturated carbocycles. The summed E-state index contributed by atoms with van der Waals surface area (Å²) in [7, 11) is 0. The van der Waals surface area contributed by atoms with Gasteiger partial charge in [-0.25, -0.2) is 4.98 Å². The van der Waals surface area contributed by atoms with Crippen molar-refractivity contribution < 1.29 is 35.9 Å². The van der Waals surface area contributed by atoms with Crippen LogP contribution in [0.15, 0.2) is 78.2 Å². The molecule has 4 aromatic rings. The number of allylic oxidation sites excluding steroid dienone is 1. The molecule has 4 atom stereocenters. The van der Waals surface area contributed by atoms with E-state index in [0.717, 1.165) is 42.0 Å². The molecule has 0 radical (unpaired) electrons. The fourth-order valence-electron chi connectivity index (χ4n) is 7.82. The fourth-order valence-corrected chi connectivity index (χ4v) is 8.59. The molecule has 1 aliphatic heterocycles. The van der Waals surface area contributed by atoms with E-state index in [1.165, 1.54) is 11.1 Å². The summed E-state index contributed by atoms with van der Waals surface area (Å²) in [5.41, 5.74) is 1.64. The molecule has 272 valence electrons. The maximum absolute atomic E-state index is 13.8. The number of likely N-dealkylation sites (tertiary alicyclic amines) is 1. The Hall–Kier alpha value is -4.49. The van der Waals surface area contributed by atoms with Gasteiger partial charge in [0.05, 0.1) is 28.7 Å². The minimum Gasteiger partial charge on any atom is -0.351 e. The van der Waals surface area contributed by atoms with E-state index < -0.39 is 41.8 Å². The number of thiazole rings is 1. The van der Waals surface area contributed by atoms with Gasteiger partial charge in [0.1, 0.15) is 0 Å². The van der Waals surface area contributed by atoms with Crippen LogP contribution in [0.5, 0.6) is 0 Å². The molecule has 2 amide bonds. The van der Waals surface area contributed by atoms with Crippen LogP contribution in [0.4, 0.5) is 31.5 Å². The van der Waals surface area contributed by atoms with Crippen molar-refractivity contribution in [2.75, 3.05) is 25.0 Å². The summed E-state index contributed by atoms with van der Waals surface area (Å²) in [6, 6.07) is 17.3. The quantitative estimate of drug-likeness (QED) is 0.169. The van der Waals surface area contributed by atoms with Crippen LogP contribution in [-0.4, -0.2) is 41.3 Å². The smallest absolute Gasteiger partial charge is 0.351 e. The highest BCUT2D eigenvalue weighted by atomic mass is 32.1. The van der Waals surface area contributed by atoms with Crippen LogP contribution >= 0.6 is 11.3 Å². The molecular formula is C39H36F6N4O2S. The van der Waals surface area contributed by atoms with Crippen LogP contribution in [-0.2, 0) is 40.3 Å². The van der Waals surface area contributed by atoms with Gasteiger partial charge in [0.25, 0.3) is 0 Å². The summed E-state index contributed by atoms with van der Waals surface area (Å²) in [5, 5.41) is 7.39. The average molecular weight is 739 g/mol. The lowest BCUT2D eigenvalue weighted by Crippen LogP contribution is -2.48. The van der Waals surface area contributed by atoms with Crippen molar-refractivity contribution in [3.05, 3.63) is 123 Å². The van der Waals surface area contributed by atoms with Gasteiger partial charge in [-0.2, -0.15) is 26.3 Å². The number of carbonyl (C=O) groups is 2. The summed E-state index contributed by atoms with van der Waals surface area (Å²) in [6.07, 6.45) is -3.77. The number of piperidine rings is 1. The van der Waals surface area contributed by atoms with E-state index in [0.29, 0.717) is 42.3 Å². The predicted molar refractivity (Wildman–Crippen MR) is 187 cm³/mol. The molecule has 2 aliphatic carbocycles. The molecule has 3 aliphatic rings. The third kappa shape index (κ3) is 7.12. The standard InChI is InChI=1S/C39H36F6N4O2S/c1-23-21-49(15-13-37(23)12-10-25-6-3-5-9-32(25)37)14-11-30(33-22-52-36(47-33)48-35(51)31-18-26-7-2-4-8-29(26)31)34(50)46-20-24-16-27(38(40,41)42)19-28(17-24)39(43,44)45/h2-10,12,16-17,19,22-23,30-31H,11,13-15,18,20-21H2,1H3,(H,46,50)(H,47,48,51)/t23-,30?,31?,37+/m0/s1. The van der Waals surface area contributed by atoms with E-state index in [-0.39, 0.29) is 34.8 Å². The van der Waals surface area contributed by atoms with Crippen LogP contribution in [0.2, 0.25) is 0 Å². The topological polar surface area (TPSA) is 74.3 Å². The number of nitrogens with one attached hydrogen (secondary N) is 2. The number of nitrogens with zero attached hydrogens (tertiary/aromatic N) is 2. The minimum absolute atomic E-state index is 0.0606. The first-order chi connectivity index (χ1) is 24.7. The van der Waals surface area contributed by atoms with Crippen molar-refractivity contribution >= 4 is 34.4 Å². The highest BCUT2D eigenvalue weighted by Crippen LogP contribution is 2.47. The number of alkyl halides is 6. The lowest BCUT2D eigenvalue weighted by Gasteiger charge is -2.44. The number of fused-ring (bicyclic) bond motifs is 3. The molecule has 0 bridgehead atoms. The lowest BCUT2D eigenvalue weighted by atomic mass is 9.68. The molecule has 1 spiro atoms. The molecule has 3 aromatic carbocycles. The monoisotopic (exact) mass is 738 g/mol. The Labute approximate surface area is 301 Å². The van der Waals surface area contributed by atoms with E-state index in [4.69, 9.17) is 0 Å². The molecule has 1 fully saturated rings. The van der Waals surface area contributed by atoms with Crippen molar-refractivity contribution in [3.8, 4) is 0 Å². The van der Waals surface area contributed by atoms with E-state index in [1.807, 2.05) is 30.3 Å². The molecular weight excluding hydrogens is 703 g/mol. The molecule has 13 heteroatoms. The van der Waals surface area contributed by atoms with Crippen LogP contribution in [0.25, 0.3) is 6.08 Å². The van der Waals surface area contributed by atoms with E-state index in [2.05, 4.69) is 57.8 Å². The SMILES string of the molecule is C[C@H]1CN(CCC(C(=O)NCc2cc(C(F)(F)F)cc(C(F)(F)F)c2)c2csc(NC(=O)C3Cc4ccccc43)n2)CC[C@]12C=Cc1ccccc12. The number of hydrogen-bond acceptors (Lipinski definition) is 5. The number of rotatable bonds is 9. The van der Waals surface area contributed by atoms with Gasteiger partial charge in [0.15, 0.2) is 5.13 Å². The highest BCUT2D eigenvalue weighted by Gasteiger charge is 2.43. The molecule has 52 heavy (non-hydrogen) atoms. The van der Waals surface area contributed by atoms with Crippen molar-refractivity contribution in [2.24, 2.45) is 5.92 Å². The Morgan fingerprint density at radius 2 is 1.71 bits per heavy atom. The molecule has 1 aromatic heterocycles. The minimum atomic E-state index is -5.01. The number of hydrogen-bond donors (Lipinski definition) is 2. The normalized spacial score (nSPS) is 21.7. The van der Waals surface area contributed by atoms with Crippen molar-refractivity contribution in [1.82, 2.24) is 15.2 Å². The van der Waals surface area contributed by atoms with E-state index >= 15 is 0 Å². The molecule has 2 unspecified atom stereocenters. The fraction of sp³-hybridized carbons (Fsp3) is 0.359. The van der Waals surface area contributed by atoms with Crippen molar-refractivity contribution in [2.45, 2.75) is 62.3 Å². The zero-order valence-corrected chi connectivity index (χ0v) is 29.0. The highest BCUT2D eigenvalue weighted by molar-refractivity contribution is 7.14. The number of aromatic nitrogens is 1. The zero-order chi connectivity index (χ0) is 36.8. The Bertz CT molecular complexity index is 1990. The van der Waals surface area contributed by atoms with Crippen LogP contribution < -0.4 is 10.6 Å². The number of carbonyl (C=O) groups excluding carboxylic acids is 2. The number of halogens is 6. The van der Waals surface area contributed by atoms with Crippen LogP contribution in [0, 0.1) is 5.92 Å². The molecule has 1 saturated heterocycles. The summed E-state index contributed by atoms with van der Waals surface area (Å²) >= 11 is 1.15. The molecule has 6 nitrogen and oxygen atoms in total. The van der Waals surface area contributed by atoms with Gasteiger partial charge in [-0.3, -0.25) is 9.59 Å². The maximum Gasteiger partial charge on any atom is 0.416 e. The second-order valence-corrected chi connectivity index (χ2v) is 14.8. The van der Waals surface area contributed by atoms with Crippen molar-refractivity contribution in [1.29, 1.82) is 0 Å². The first kappa shape index (κ1) is 35.9.